The highest BCUT2D eigenvalue weighted by molar-refractivity contribution is 8.03. The molecule has 4 saturated heterocycles. The average molecular weight is 973 g/mol. The Morgan fingerprint density at radius 3 is 1.03 bits per heavy atom. The van der Waals surface area contributed by atoms with E-state index in [0.717, 1.165) is 12.7 Å². The third-order valence-electron chi connectivity index (χ3n) is 6.45. The predicted molar refractivity (Wildman–Crippen MR) is 226 cm³/mol. The summed E-state index contributed by atoms with van der Waals surface area (Å²) in [5, 5.41) is 21.6. The van der Waals surface area contributed by atoms with E-state index in [2.05, 4.69) is 51.5 Å². The van der Waals surface area contributed by atoms with Crippen LogP contribution in [0.3, 0.4) is 0 Å². The molecule has 0 radical (unpaired) electrons. The van der Waals surface area contributed by atoms with Gasteiger partial charge in [-0.25, -0.2) is 34.0 Å². The Morgan fingerprint density at radius 2 is 0.879 bits per heavy atom. The quantitative estimate of drug-likeness (QED) is 0.0997. The molecule has 4 aliphatic rings. The van der Waals surface area contributed by atoms with E-state index in [9.17, 15) is 57.5 Å². The lowest BCUT2D eigenvalue weighted by Gasteiger charge is -2.11. The summed E-state index contributed by atoms with van der Waals surface area (Å²) >= 11 is 5.41. The number of imide groups is 4. The molecule has 4 aliphatic heterocycles. The number of hydrogen-bond donors (Lipinski definition) is 0. The van der Waals surface area contributed by atoms with Gasteiger partial charge in [-0.2, -0.15) is 10.5 Å². The van der Waals surface area contributed by atoms with E-state index >= 15 is 0 Å². The molecule has 0 unspecified atom stereocenters. The van der Waals surface area contributed by atoms with Gasteiger partial charge in [0.1, 0.15) is 5.40 Å². The van der Waals surface area contributed by atoms with Crippen LogP contribution >= 0.6 is 24.0 Å². The van der Waals surface area contributed by atoms with Crippen LogP contribution in [0.2, 0.25) is 0 Å². The molecule has 4 heterocycles. The van der Waals surface area contributed by atoms with E-state index in [1.165, 1.54) is 31.1 Å². The maximum Gasteiger partial charge on any atom is 0.333 e. The summed E-state index contributed by atoms with van der Waals surface area (Å²) in [6.07, 6.45) is 5.05. The van der Waals surface area contributed by atoms with Crippen LogP contribution in [0, 0.1) is 22.2 Å². The number of carbonyl (C=O) groups excluding carboxylic acids is 13. The van der Waals surface area contributed by atoms with E-state index in [-0.39, 0.29) is 70.6 Å². The average Bonchev–Trinajstić information content (AvgIpc) is 4.00. The van der Waals surface area contributed by atoms with Gasteiger partial charge in [-0.05, 0) is 37.3 Å². The Balaban J connectivity index is -0.000000346. The summed E-state index contributed by atoms with van der Waals surface area (Å²) in [5.41, 5.74) is 0. The highest BCUT2D eigenvalue weighted by Gasteiger charge is 2.34. The van der Waals surface area contributed by atoms with Crippen molar-refractivity contribution in [2.75, 3.05) is 26.5 Å². The minimum absolute atomic E-state index is 0.131. The highest BCUT2D eigenvalue weighted by Crippen LogP contribution is 2.15. The molecular formula is C38H52N8O18S2. The first-order valence-corrected chi connectivity index (χ1v) is 20.8. The zero-order chi connectivity index (χ0) is 51.6. The molecule has 0 aliphatic carbocycles. The SMILES string of the molecule is CC(=O)ON1C(=O)CCC1=O.CCC(=O)ON1C(=O)CCC1=O.CCC(=O)ON1C(=O)CCC1=O.CCCC(=O)ON1C(=O)CCC1=O.CCOC#N.CCSC#N.CN=C=O.CN=C=S. The molecule has 4 rings (SSSR count). The minimum atomic E-state index is -0.659. The van der Waals surface area contributed by atoms with E-state index in [1.807, 2.05) is 19.2 Å². The zero-order valence-corrected chi connectivity index (χ0v) is 39.3. The highest BCUT2D eigenvalue weighted by atomic mass is 32.2. The molecule has 28 heteroatoms. The lowest BCUT2D eigenvalue weighted by Crippen LogP contribution is -2.31. The van der Waals surface area contributed by atoms with Crippen molar-refractivity contribution in [3.63, 3.8) is 0 Å². The number of isothiocyanates is 1. The van der Waals surface area contributed by atoms with Gasteiger partial charge in [0.25, 0.3) is 53.5 Å². The largest absolute Gasteiger partial charge is 0.428 e. The van der Waals surface area contributed by atoms with Crippen molar-refractivity contribution >= 4 is 106 Å². The maximum atomic E-state index is 11.0. The smallest absolute Gasteiger partial charge is 0.333 e. The molecule has 0 aromatic carbocycles. The van der Waals surface area contributed by atoms with Gasteiger partial charge in [-0.15, -0.1) is 20.3 Å². The summed E-state index contributed by atoms with van der Waals surface area (Å²) in [7, 11) is 2.97. The molecule has 8 amide bonds. The van der Waals surface area contributed by atoms with Crippen LogP contribution in [0.5, 0.6) is 0 Å². The number of thioether (sulfide) groups is 1. The first-order chi connectivity index (χ1) is 31.2. The molecule has 0 aromatic rings. The number of ether oxygens (including phenoxy) is 1. The van der Waals surface area contributed by atoms with Gasteiger partial charge in [0.15, 0.2) is 0 Å². The second-order valence-electron chi connectivity index (χ2n) is 11.4. The van der Waals surface area contributed by atoms with Crippen LogP contribution in [0.4, 0.5) is 0 Å². The molecule has 0 aromatic heterocycles. The van der Waals surface area contributed by atoms with E-state index in [4.69, 9.17) is 15.3 Å². The first-order valence-electron chi connectivity index (χ1n) is 19.4. The third-order valence-corrected chi connectivity index (χ3v) is 7.05. The van der Waals surface area contributed by atoms with E-state index in [0.29, 0.717) is 33.3 Å². The molecule has 0 bridgehead atoms. The number of thiocyanates is 1. The molecule has 0 saturated carbocycles. The molecule has 0 spiro atoms. The molecule has 0 N–H and O–H groups in total. The summed E-state index contributed by atoms with van der Waals surface area (Å²) in [6, 6.07) is 0. The number of carbonyl (C=O) groups is 12. The Hall–Kier alpha value is -7.25. The summed E-state index contributed by atoms with van der Waals surface area (Å²) in [6.45, 7) is 10.3. The Kier molecular flexibility index (Phi) is 41.3. The fourth-order valence-electron chi connectivity index (χ4n) is 3.57. The lowest BCUT2D eigenvalue weighted by molar-refractivity contribution is -0.197. The van der Waals surface area contributed by atoms with E-state index < -0.39 is 71.1 Å². The van der Waals surface area contributed by atoms with Crippen molar-refractivity contribution in [2.45, 2.75) is 119 Å². The number of thiocarbonyl (C=S) groups is 1. The van der Waals surface area contributed by atoms with Gasteiger partial charge in [-0.1, -0.05) is 27.7 Å². The summed E-state index contributed by atoms with van der Waals surface area (Å²) in [5.74, 6) is -4.99. The number of nitrogens with zero attached hydrogens (tertiary/aromatic N) is 8. The van der Waals surface area contributed by atoms with Gasteiger partial charge in [0.05, 0.1) is 11.8 Å². The molecule has 0 atom stereocenters. The number of nitriles is 2. The summed E-state index contributed by atoms with van der Waals surface area (Å²) in [4.78, 5) is 162. The van der Waals surface area contributed by atoms with Gasteiger partial charge in [0.2, 0.25) is 6.08 Å². The monoisotopic (exact) mass is 972 g/mol. The van der Waals surface area contributed by atoms with Gasteiger partial charge >= 0.3 is 23.9 Å². The number of isocyanates is 1. The topological polar surface area (TPSA) is 353 Å². The maximum absolute atomic E-state index is 11.0. The van der Waals surface area contributed by atoms with Crippen molar-refractivity contribution < 1.29 is 86.4 Å². The van der Waals surface area contributed by atoms with Crippen molar-refractivity contribution in [1.29, 1.82) is 10.5 Å². The second-order valence-corrected chi connectivity index (χ2v) is 12.7. The second kappa shape index (κ2) is 41.7. The minimum Gasteiger partial charge on any atom is -0.428 e. The van der Waals surface area contributed by atoms with Crippen LogP contribution < -0.4 is 0 Å². The molecule has 4 fully saturated rings. The fourth-order valence-corrected chi connectivity index (χ4v) is 3.70. The molecular weight excluding hydrogens is 921 g/mol. The van der Waals surface area contributed by atoms with Gasteiger partial charge in [-0.3, -0.25) is 38.4 Å². The van der Waals surface area contributed by atoms with Crippen molar-refractivity contribution in [1.82, 2.24) is 20.3 Å². The van der Waals surface area contributed by atoms with Crippen molar-refractivity contribution in [3.05, 3.63) is 0 Å². The normalized spacial score (nSPS) is 13.7. The standard InChI is InChI=1S/C8H11NO4.2C7H9NO4.C6H7NO4.C3H5NO.C3H5NS.C2H3NO.C2H3NS/c1-2-3-8(12)13-9-6(10)4-5-7(9)11;2*1-2-7(11)12-8-5(9)3-4-6(8)10;1-4(8)11-7-5(9)2-3-6(7)10;2*1-2-5-3-4;2*1-3-2-4/h2-5H2,1H3;2*2-4H2,1H3;2-3H2,1H3;2*2H2,1H3;2*1H3. The van der Waals surface area contributed by atoms with Crippen molar-refractivity contribution in [3.8, 4) is 11.7 Å². The van der Waals surface area contributed by atoms with Crippen LogP contribution in [0.1, 0.15) is 119 Å². The molecule has 66 heavy (non-hydrogen) atoms. The molecule has 364 valence electrons. The number of hydroxylamine groups is 8. The fraction of sp³-hybridized carbons (Fsp3) is 0.579. The summed E-state index contributed by atoms with van der Waals surface area (Å²) < 4.78 is 4.14. The number of hydrogen-bond acceptors (Lipinski definition) is 24. The lowest BCUT2D eigenvalue weighted by atomic mass is 10.3. The van der Waals surface area contributed by atoms with Gasteiger partial charge in [0, 0.05) is 97.4 Å². The van der Waals surface area contributed by atoms with Crippen LogP contribution in [0.25, 0.3) is 0 Å². The first kappa shape index (κ1) is 65.4. The van der Waals surface area contributed by atoms with Crippen molar-refractivity contribution in [2.24, 2.45) is 9.98 Å². The Bertz CT molecular complexity index is 1730. The number of aliphatic imine (C=N–C) groups is 2. The van der Waals surface area contributed by atoms with Crippen LogP contribution in [0.15, 0.2) is 9.98 Å². The van der Waals surface area contributed by atoms with E-state index in [1.54, 1.807) is 27.8 Å². The Morgan fingerprint density at radius 1 is 0.591 bits per heavy atom. The van der Waals surface area contributed by atoms with Crippen LogP contribution in [-0.4, -0.2) is 129 Å². The molecule has 26 nitrogen and oxygen atoms in total. The Labute approximate surface area is 389 Å². The van der Waals surface area contributed by atoms with Gasteiger partial charge < -0.3 is 24.1 Å². The van der Waals surface area contributed by atoms with Crippen LogP contribution in [-0.2, 0) is 86.4 Å². The predicted octanol–water partition coefficient (Wildman–Crippen LogP) is 2.41. The zero-order valence-electron chi connectivity index (χ0n) is 37.6. The number of rotatable bonds is 10. The third kappa shape index (κ3) is 32.4. The number of amides is 8.